The molecule has 0 heterocycles. The van der Waals surface area contributed by atoms with Crippen molar-refractivity contribution in [1.82, 2.24) is 5.32 Å². The fourth-order valence-electron chi connectivity index (χ4n) is 3.28. The van der Waals surface area contributed by atoms with Crippen molar-refractivity contribution in [3.63, 3.8) is 0 Å². The molecule has 0 aromatic heterocycles. The second-order valence-corrected chi connectivity index (χ2v) is 7.94. The van der Waals surface area contributed by atoms with Crippen molar-refractivity contribution in [3.8, 4) is 0 Å². The highest BCUT2D eigenvalue weighted by Gasteiger charge is 2.21. The number of rotatable bonds is 9. The van der Waals surface area contributed by atoms with Crippen LogP contribution in [0.1, 0.15) is 27.0 Å². The van der Waals surface area contributed by atoms with Crippen LogP contribution in [-0.2, 0) is 22.6 Å². The summed E-state index contributed by atoms with van der Waals surface area (Å²) in [5, 5.41) is 15.0. The van der Waals surface area contributed by atoms with Crippen LogP contribution in [0.15, 0.2) is 78.9 Å². The lowest BCUT2D eigenvalue weighted by molar-refractivity contribution is -0.123. The molecule has 0 bridgehead atoms. The minimum atomic E-state index is -1.06. The number of hydrogen-bond acceptors (Lipinski definition) is 4. The van der Waals surface area contributed by atoms with Crippen LogP contribution in [0.2, 0.25) is 5.02 Å². The van der Waals surface area contributed by atoms with Gasteiger partial charge in [-0.1, -0.05) is 48.0 Å². The highest BCUT2D eigenvalue weighted by Crippen LogP contribution is 2.17. The van der Waals surface area contributed by atoms with Gasteiger partial charge in [0.15, 0.2) is 0 Å². The second-order valence-electron chi connectivity index (χ2n) is 7.50. The predicted molar refractivity (Wildman–Crippen MR) is 132 cm³/mol. The number of carbonyl (C=O) groups excluding carboxylic acids is 2. The Morgan fingerprint density at radius 2 is 1.71 bits per heavy atom. The Bertz CT molecular complexity index is 1190. The van der Waals surface area contributed by atoms with Gasteiger partial charge in [0.2, 0.25) is 11.8 Å². The summed E-state index contributed by atoms with van der Waals surface area (Å²) in [7, 11) is 0. The summed E-state index contributed by atoms with van der Waals surface area (Å²) < 4.78 is 0. The normalized spacial score (nSPS) is 11.7. The van der Waals surface area contributed by atoms with E-state index in [0.29, 0.717) is 16.3 Å². The Hall–Kier alpha value is -3.94. The number of nitrogens with two attached hydrogens (primary N) is 1. The molecule has 2 amide bonds. The molecule has 1 unspecified atom stereocenters. The SMILES string of the molecule is NCc1ccc(Cl)cc1C=CC(=O)NC(Cc1ccccc1)C(=O)Nc1ccc(C(=O)O)cc1. The zero-order valence-corrected chi connectivity index (χ0v) is 19.0. The van der Waals surface area contributed by atoms with Crippen LogP contribution in [0.5, 0.6) is 0 Å². The smallest absolute Gasteiger partial charge is 0.335 e. The Morgan fingerprint density at radius 3 is 2.35 bits per heavy atom. The third-order valence-electron chi connectivity index (χ3n) is 5.06. The topological polar surface area (TPSA) is 122 Å². The average molecular weight is 478 g/mol. The van der Waals surface area contributed by atoms with Gasteiger partial charge in [0, 0.05) is 29.8 Å². The van der Waals surface area contributed by atoms with Crippen LogP contribution < -0.4 is 16.4 Å². The highest BCUT2D eigenvalue weighted by atomic mass is 35.5. The fraction of sp³-hybridized carbons (Fsp3) is 0.115. The zero-order valence-electron chi connectivity index (χ0n) is 18.2. The Morgan fingerprint density at radius 1 is 1.00 bits per heavy atom. The van der Waals surface area contributed by atoms with Gasteiger partial charge in [-0.2, -0.15) is 0 Å². The van der Waals surface area contributed by atoms with E-state index in [1.54, 1.807) is 24.3 Å². The van der Waals surface area contributed by atoms with E-state index in [9.17, 15) is 14.4 Å². The van der Waals surface area contributed by atoms with Crippen molar-refractivity contribution in [1.29, 1.82) is 0 Å². The molecule has 0 radical (unpaired) electrons. The van der Waals surface area contributed by atoms with Gasteiger partial charge in [0.25, 0.3) is 0 Å². The van der Waals surface area contributed by atoms with E-state index in [0.717, 1.165) is 11.1 Å². The highest BCUT2D eigenvalue weighted by molar-refractivity contribution is 6.30. The molecule has 8 heteroatoms. The van der Waals surface area contributed by atoms with Crippen molar-refractivity contribution < 1.29 is 19.5 Å². The molecule has 0 fully saturated rings. The van der Waals surface area contributed by atoms with Gasteiger partial charge in [-0.15, -0.1) is 0 Å². The van der Waals surface area contributed by atoms with Crippen molar-refractivity contribution in [2.24, 2.45) is 5.73 Å². The number of anilines is 1. The van der Waals surface area contributed by atoms with E-state index in [1.807, 2.05) is 30.3 Å². The summed E-state index contributed by atoms with van der Waals surface area (Å²) in [4.78, 5) is 36.7. The van der Waals surface area contributed by atoms with E-state index >= 15 is 0 Å². The molecule has 0 saturated heterocycles. The van der Waals surface area contributed by atoms with Crippen molar-refractivity contribution in [3.05, 3.63) is 106 Å². The molecule has 1 atom stereocenters. The monoisotopic (exact) mass is 477 g/mol. The summed E-state index contributed by atoms with van der Waals surface area (Å²) in [6.07, 6.45) is 3.20. The summed E-state index contributed by atoms with van der Waals surface area (Å²) in [6.45, 7) is 0.290. The van der Waals surface area contributed by atoms with E-state index in [-0.39, 0.29) is 18.5 Å². The van der Waals surface area contributed by atoms with Crippen LogP contribution in [-0.4, -0.2) is 28.9 Å². The third-order valence-corrected chi connectivity index (χ3v) is 5.29. The molecule has 3 rings (SSSR count). The number of hydrogen-bond donors (Lipinski definition) is 4. The zero-order chi connectivity index (χ0) is 24.5. The van der Waals surface area contributed by atoms with Crippen molar-refractivity contribution in [2.45, 2.75) is 19.0 Å². The van der Waals surface area contributed by atoms with Crippen LogP contribution in [0.3, 0.4) is 0 Å². The standard InChI is InChI=1S/C26H24ClN3O4/c27-21-10-6-20(16-28)19(15-21)9-13-24(31)30-23(14-17-4-2-1-3-5-17)25(32)29-22-11-7-18(8-12-22)26(33)34/h1-13,15,23H,14,16,28H2,(H,29,32)(H,30,31)(H,33,34). The number of aromatic carboxylic acids is 1. The van der Waals surface area contributed by atoms with Gasteiger partial charge in [0.05, 0.1) is 5.56 Å². The summed E-state index contributed by atoms with van der Waals surface area (Å²) in [6, 6.07) is 19.4. The van der Waals surface area contributed by atoms with E-state index in [2.05, 4.69) is 10.6 Å². The molecule has 0 saturated carbocycles. The minimum Gasteiger partial charge on any atom is -0.478 e. The Labute approximate surface area is 202 Å². The van der Waals surface area contributed by atoms with Gasteiger partial charge in [0.1, 0.15) is 6.04 Å². The first-order chi connectivity index (χ1) is 16.4. The van der Waals surface area contributed by atoms with Gasteiger partial charge in [-0.3, -0.25) is 9.59 Å². The number of carboxylic acids is 1. The molecule has 34 heavy (non-hydrogen) atoms. The second kappa shape index (κ2) is 11.8. The van der Waals surface area contributed by atoms with Gasteiger partial charge >= 0.3 is 5.97 Å². The number of carboxylic acid groups (broad SMARTS) is 1. The largest absolute Gasteiger partial charge is 0.478 e. The van der Waals surface area contributed by atoms with Crippen LogP contribution >= 0.6 is 11.6 Å². The van der Waals surface area contributed by atoms with Crippen molar-refractivity contribution >= 4 is 41.1 Å². The summed E-state index contributed by atoms with van der Waals surface area (Å²) >= 11 is 6.05. The van der Waals surface area contributed by atoms with Gasteiger partial charge < -0.3 is 21.5 Å². The maximum Gasteiger partial charge on any atom is 0.335 e. The van der Waals surface area contributed by atoms with Crippen LogP contribution in [0.4, 0.5) is 5.69 Å². The Balaban J connectivity index is 1.75. The number of benzene rings is 3. The lowest BCUT2D eigenvalue weighted by Crippen LogP contribution is -2.44. The first-order valence-electron chi connectivity index (χ1n) is 10.5. The first kappa shape index (κ1) is 24.7. The van der Waals surface area contributed by atoms with Gasteiger partial charge in [-0.25, -0.2) is 4.79 Å². The molecule has 0 aliphatic carbocycles. The third kappa shape index (κ3) is 7.03. The molecule has 7 nitrogen and oxygen atoms in total. The lowest BCUT2D eigenvalue weighted by Gasteiger charge is -2.18. The average Bonchev–Trinajstić information content (AvgIpc) is 2.83. The van der Waals surface area contributed by atoms with E-state index in [1.165, 1.54) is 30.3 Å². The van der Waals surface area contributed by atoms with E-state index < -0.39 is 23.8 Å². The molecule has 3 aromatic rings. The lowest BCUT2D eigenvalue weighted by atomic mass is 10.0. The molecule has 0 aliphatic rings. The summed E-state index contributed by atoms with van der Waals surface area (Å²) in [5.41, 5.74) is 8.69. The number of amides is 2. The quantitative estimate of drug-likeness (QED) is 0.348. The maximum atomic E-state index is 13.0. The number of nitrogens with one attached hydrogen (secondary N) is 2. The number of carbonyl (C=O) groups is 3. The molecule has 0 spiro atoms. The van der Waals surface area contributed by atoms with Crippen molar-refractivity contribution in [2.75, 3.05) is 5.32 Å². The molecule has 3 aromatic carbocycles. The maximum absolute atomic E-state index is 13.0. The molecule has 174 valence electrons. The fourth-order valence-corrected chi connectivity index (χ4v) is 3.46. The molecular weight excluding hydrogens is 454 g/mol. The van der Waals surface area contributed by atoms with Gasteiger partial charge in [-0.05, 0) is 59.2 Å². The Kier molecular flexibility index (Phi) is 8.56. The molecular formula is C26H24ClN3O4. The summed E-state index contributed by atoms with van der Waals surface area (Å²) in [5.74, 6) is -1.95. The van der Waals surface area contributed by atoms with Crippen LogP contribution in [0.25, 0.3) is 6.08 Å². The first-order valence-corrected chi connectivity index (χ1v) is 10.9. The molecule has 0 aliphatic heterocycles. The van der Waals surface area contributed by atoms with E-state index in [4.69, 9.17) is 22.4 Å². The minimum absolute atomic E-state index is 0.107. The molecule has 5 N–H and O–H groups in total. The predicted octanol–water partition coefficient (Wildman–Crippen LogP) is 3.88. The number of halogens is 1. The van der Waals surface area contributed by atoms with Crippen LogP contribution in [0, 0.1) is 0 Å².